The molecule has 0 aliphatic heterocycles. The first-order valence-corrected chi connectivity index (χ1v) is 5.41. The van der Waals surface area contributed by atoms with Gasteiger partial charge in [0.05, 0.1) is 5.41 Å². The molecule has 3 nitrogen and oxygen atoms in total. The van der Waals surface area contributed by atoms with Crippen LogP contribution in [-0.2, 0) is 4.79 Å². The fourth-order valence-corrected chi connectivity index (χ4v) is 4.37. The average molecular weight is 220 g/mol. The van der Waals surface area contributed by atoms with Crippen molar-refractivity contribution in [2.75, 3.05) is 0 Å². The van der Waals surface area contributed by atoms with Crippen molar-refractivity contribution in [2.24, 2.45) is 23.2 Å². The fourth-order valence-electron chi connectivity index (χ4n) is 4.37. The molecule has 4 rings (SSSR count). The monoisotopic (exact) mass is 220 g/mol. The molecule has 0 aromatic carbocycles. The SMILES string of the molecule is O=C(O)C12CC3CC(CC(C3)C1)C2.[Na+].[OH-]. The number of rotatable bonds is 1. The molecule has 4 fully saturated rings. The molecule has 4 bridgehead atoms. The Morgan fingerprint density at radius 3 is 1.60 bits per heavy atom. The van der Waals surface area contributed by atoms with Gasteiger partial charge in [0.2, 0.25) is 0 Å². The number of carbonyl (C=O) groups is 1. The molecule has 2 N–H and O–H groups in total. The molecule has 4 aliphatic carbocycles. The molecule has 4 aliphatic rings. The van der Waals surface area contributed by atoms with Crippen LogP contribution >= 0.6 is 0 Å². The van der Waals surface area contributed by atoms with E-state index in [4.69, 9.17) is 0 Å². The van der Waals surface area contributed by atoms with Crippen LogP contribution < -0.4 is 29.6 Å². The van der Waals surface area contributed by atoms with Gasteiger partial charge in [-0.05, 0) is 56.3 Å². The smallest absolute Gasteiger partial charge is 0.870 e. The summed E-state index contributed by atoms with van der Waals surface area (Å²) in [5, 5.41) is 9.28. The van der Waals surface area contributed by atoms with Crippen molar-refractivity contribution in [1.82, 2.24) is 0 Å². The summed E-state index contributed by atoms with van der Waals surface area (Å²) in [7, 11) is 0. The molecule has 0 spiro atoms. The largest absolute Gasteiger partial charge is 1.00 e. The van der Waals surface area contributed by atoms with Crippen LogP contribution in [0, 0.1) is 23.2 Å². The third-order valence-corrected chi connectivity index (χ3v) is 4.49. The molecule has 80 valence electrons. The summed E-state index contributed by atoms with van der Waals surface area (Å²) in [4.78, 5) is 11.3. The Morgan fingerprint density at radius 1 is 1.00 bits per heavy atom. The number of carboxylic acids is 1. The summed E-state index contributed by atoms with van der Waals surface area (Å²) in [6, 6.07) is 0. The zero-order valence-corrected chi connectivity index (χ0v) is 11.3. The van der Waals surface area contributed by atoms with Crippen LogP contribution in [0.5, 0.6) is 0 Å². The second kappa shape index (κ2) is 4.36. The van der Waals surface area contributed by atoms with E-state index in [-0.39, 0.29) is 40.4 Å². The molecule has 0 unspecified atom stereocenters. The minimum absolute atomic E-state index is 0. The third-order valence-electron chi connectivity index (χ3n) is 4.49. The van der Waals surface area contributed by atoms with Gasteiger partial charge in [0.25, 0.3) is 0 Å². The Hall–Kier alpha value is 0.430. The zero-order valence-electron chi connectivity index (χ0n) is 9.28. The van der Waals surface area contributed by atoms with Gasteiger partial charge in [-0.25, -0.2) is 0 Å². The maximum atomic E-state index is 11.3. The van der Waals surface area contributed by atoms with Crippen LogP contribution in [-0.4, -0.2) is 16.6 Å². The maximum Gasteiger partial charge on any atom is 1.00 e. The van der Waals surface area contributed by atoms with E-state index in [1.807, 2.05) is 0 Å². The zero-order chi connectivity index (χ0) is 9.05. The van der Waals surface area contributed by atoms with Gasteiger partial charge in [0.15, 0.2) is 0 Å². The van der Waals surface area contributed by atoms with Crippen molar-refractivity contribution in [1.29, 1.82) is 0 Å². The van der Waals surface area contributed by atoms with Gasteiger partial charge in [0, 0.05) is 0 Å². The van der Waals surface area contributed by atoms with Gasteiger partial charge < -0.3 is 10.6 Å². The molecule has 0 atom stereocenters. The minimum atomic E-state index is -0.508. The Labute approximate surface area is 112 Å². The molecule has 4 saturated carbocycles. The van der Waals surface area contributed by atoms with Crippen LogP contribution in [0.1, 0.15) is 38.5 Å². The van der Waals surface area contributed by atoms with Gasteiger partial charge in [-0.3, -0.25) is 4.79 Å². The summed E-state index contributed by atoms with van der Waals surface area (Å²) in [5.74, 6) is 1.75. The summed E-state index contributed by atoms with van der Waals surface area (Å²) >= 11 is 0. The second-order valence-electron chi connectivity index (χ2n) is 5.50. The molecule has 0 amide bonds. The normalized spacial score (nSPS) is 45.5. The van der Waals surface area contributed by atoms with Crippen molar-refractivity contribution in [3.8, 4) is 0 Å². The van der Waals surface area contributed by atoms with Crippen LogP contribution in [0.25, 0.3) is 0 Å². The molecular weight excluding hydrogens is 203 g/mol. The van der Waals surface area contributed by atoms with E-state index in [2.05, 4.69) is 0 Å². The Morgan fingerprint density at radius 2 is 1.33 bits per heavy atom. The first-order chi connectivity index (χ1) is 6.18. The van der Waals surface area contributed by atoms with E-state index in [0.717, 1.165) is 37.0 Å². The average Bonchev–Trinajstić information content (AvgIpc) is 2.00. The maximum absolute atomic E-state index is 11.3. The van der Waals surface area contributed by atoms with E-state index in [1.54, 1.807) is 0 Å². The molecule has 15 heavy (non-hydrogen) atoms. The Balaban J connectivity index is 0.000000562. The molecule has 0 aromatic heterocycles. The van der Waals surface area contributed by atoms with Crippen LogP contribution in [0.15, 0.2) is 0 Å². The van der Waals surface area contributed by atoms with E-state index in [1.165, 1.54) is 19.3 Å². The molecule has 0 heterocycles. The van der Waals surface area contributed by atoms with Crippen LogP contribution in [0.4, 0.5) is 0 Å². The summed E-state index contributed by atoms with van der Waals surface area (Å²) < 4.78 is 0. The van der Waals surface area contributed by atoms with Crippen LogP contribution in [0.2, 0.25) is 0 Å². The number of hydrogen-bond donors (Lipinski definition) is 1. The quantitative estimate of drug-likeness (QED) is 0.583. The molecule has 0 radical (unpaired) electrons. The molecule has 0 aromatic rings. The van der Waals surface area contributed by atoms with Crippen molar-refractivity contribution in [2.45, 2.75) is 38.5 Å². The predicted octanol–water partition coefficient (Wildman–Crippen LogP) is -0.885. The first-order valence-electron chi connectivity index (χ1n) is 5.41. The topological polar surface area (TPSA) is 67.3 Å². The Kier molecular flexibility index (Phi) is 3.92. The van der Waals surface area contributed by atoms with E-state index in [0.29, 0.717) is 0 Å². The van der Waals surface area contributed by atoms with E-state index >= 15 is 0 Å². The molecular formula is C11H17NaO3. The van der Waals surface area contributed by atoms with Crippen molar-refractivity contribution < 1.29 is 44.9 Å². The predicted molar refractivity (Wildman–Crippen MR) is 50.2 cm³/mol. The summed E-state index contributed by atoms with van der Waals surface area (Å²) in [6.45, 7) is 0. The number of carboxylic acid groups (broad SMARTS) is 1. The van der Waals surface area contributed by atoms with Gasteiger partial charge in [-0.2, -0.15) is 0 Å². The van der Waals surface area contributed by atoms with E-state index in [9.17, 15) is 9.90 Å². The van der Waals surface area contributed by atoms with Crippen molar-refractivity contribution >= 4 is 5.97 Å². The van der Waals surface area contributed by atoms with Crippen LogP contribution in [0.3, 0.4) is 0 Å². The number of aliphatic carboxylic acids is 1. The van der Waals surface area contributed by atoms with E-state index < -0.39 is 5.97 Å². The standard InChI is InChI=1S/C11H16O2.Na.H2O/c12-10(13)11-4-7-1-8(5-11)3-9(2-7)6-11;;/h7-9H,1-6H2,(H,12,13);;1H2/q;+1;/p-1. The first kappa shape index (κ1) is 13.5. The molecule has 0 saturated heterocycles. The second-order valence-corrected chi connectivity index (χ2v) is 5.50. The Bertz CT molecular complexity index is 229. The molecule has 4 heteroatoms. The van der Waals surface area contributed by atoms with Gasteiger partial charge in [0.1, 0.15) is 0 Å². The summed E-state index contributed by atoms with van der Waals surface area (Å²) in [5.41, 5.74) is -0.283. The van der Waals surface area contributed by atoms with Gasteiger partial charge in [-0.1, -0.05) is 0 Å². The van der Waals surface area contributed by atoms with Gasteiger partial charge in [-0.15, -0.1) is 0 Å². The number of hydrogen-bond acceptors (Lipinski definition) is 2. The van der Waals surface area contributed by atoms with Crippen molar-refractivity contribution in [3.05, 3.63) is 0 Å². The van der Waals surface area contributed by atoms with Crippen molar-refractivity contribution in [3.63, 3.8) is 0 Å². The summed E-state index contributed by atoms with van der Waals surface area (Å²) in [6.07, 6.45) is 6.92. The third kappa shape index (κ3) is 1.99. The fraction of sp³-hybridized carbons (Fsp3) is 0.909. The van der Waals surface area contributed by atoms with Gasteiger partial charge >= 0.3 is 35.5 Å². The minimum Gasteiger partial charge on any atom is -0.870 e.